The van der Waals surface area contributed by atoms with E-state index >= 15 is 0 Å². The molecule has 0 radical (unpaired) electrons. The van der Waals surface area contributed by atoms with Crippen molar-refractivity contribution < 1.29 is 9.53 Å². The number of allylic oxidation sites excluding steroid dienone is 2. The van der Waals surface area contributed by atoms with Gasteiger partial charge in [0.25, 0.3) is 0 Å². The fraction of sp³-hybridized carbons (Fsp3) is 0. The smallest absolute Gasteiger partial charge is 0.363 e. The van der Waals surface area contributed by atoms with Gasteiger partial charge >= 0.3 is 5.97 Å². The third-order valence-electron chi connectivity index (χ3n) is 2.09. The number of ether oxygens (including phenoxy) is 1. The molecule has 92 valence electrons. The number of benzene rings is 1. The highest BCUT2D eigenvalue weighted by atomic mass is 35.5. The lowest BCUT2D eigenvalue weighted by molar-refractivity contribution is -0.130. The number of carbonyl (C=O) groups excluding carboxylic acids is 1. The summed E-state index contributed by atoms with van der Waals surface area (Å²) < 4.78 is 4.88. The van der Waals surface area contributed by atoms with Crippen LogP contribution in [-0.2, 0) is 9.53 Å². The highest BCUT2D eigenvalue weighted by Crippen LogP contribution is 2.23. The molecule has 0 N–H and O–H groups in total. The van der Waals surface area contributed by atoms with Crippen molar-refractivity contribution in [3.63, 3.8) is 0 Å². The molecule has 0 spiro atoms. The minimum absolute atomic E-state index is 0.0309. The summed E-state index contributed by atoms with van der Waals surface area (Å²) >= 11 is 16.7. The molecular formula is C12H6Cl3NO2. The summed E-state index contributed by atoms with van der Waals surface area (Å²) in [6, 6.07) is 9.04. The van der Waals surface area contributed by atoms with Gasteiger partial charge in [0.2, 0.25) is 5.90 Å². The van der Waals surface area contributed by atoms with Gasteiger partial charge in [-0.05, 0) is 18.2 Å². The van der Waals surface area contributed by atoms with E-state index in [2.05, 4.69) is 4.99 Å². The van der Waals surface area contributed by atoms with E-state index in [4.69, 9.17) is 39.5 Å². The highest BCUT2D eigenvalue weighted by molar-refractivity contribution is 6.59. The summed E-state index contributed by atoms with van der Waals surface area (Å²) in [6.45, 7) is 0. The van der Waals surface area contributed by atoms with Crippen molar-refractivity contribution in [3.8, 4) is 0 Å². The van der Waals surface area contributed by atoms with Crippen LogP contribution in [0.5, 0.6) is 0 Å². The monoisotopic (exact) mass is 301 g/mol. The van der Waals surface area contributed by atoms with Gasteiger partial charge < -0.3 is 4.74 Å². The van der Waals surface area contributed by atoms with E-state index in [0.29, 0.717) is 5.56 Å². The van der Waals surface area contributed by atoms with Gasteiger partial charge in [0, 0.05) is 5.56 Å². The normalized spacial score (nSPS) is 16.5. The topological polar surface area (TPSA) is 38.7 Å². The lowest BCUT2D eigenvalue weighted by atomic mass is 10.2. The maximum absolute atomic E-state index is 11.5. The molecule has 0 fully saturated rings. The van der Waals surface area contributed by atoms with E-state index in [1.807, 2.05) is 18.2 Å². The van der Waals surface area contributed by atoms with Crippen molar-refractivity contribution >= 4 is 46.7 Å². The van der Waals surface area contributed by atoms with Crippen molar-refractivity contribution in [2.24, 2.45) is 4.99 Å². The van der Waals surface area contributed by atoms with Gasteiger partial charge in [-0.15, -0.1) is 0 Å². The molecule has 0 atom stereocenters. The Morgan fingerprint density at radius 2 is 1.83 bits per heavy atom. The Morgan fingerprint density at radius 3 is 2.44 bits per heavy atom. The Morgan fingerprint density at radius 1 is 1.17 bits per heavy atom. The Kier molecular flexibility index (Phi) is 4.07. The van der Waals surface area contributed by atoms with E-state index in [9.17, 15) is 4.79 Å². The summed E-state index contributed by atoms with van der Waals surface area (Å²) in [4.78, 5) is 15.6. The molecule has 18 heavy (non-hydrogen) atoms. The molecule has 0 aliphatic carbocycles. The van der Waals surface area contributed by atoms with Crippen molar-refractivity contribution in [2.75, 3.05) is 0 Å². The van der Waals surface area contributed by atoms with Gasteiger partial charge in [-0.3, -0.25) is 0 Å². The molecule has 0 aromatic heterocycles. The van der Waals surface area contributed by atoms with Crippen LogP contribution in [0.15, 0.2) is 56.6 Å². The van der Waals surface area contributed by atoms with E-state index in [1.54, 1.807) is 12.1 Å². The predicted molar refractivity (Wildman–Crippen MR) is 71.7 cm³/mol. The number of cyclic esters (lactones) is 1. The lowest BCUT2D eigenvalue weighted by Crippen LogP contribution is -2.04. The van der Waals surface area contributed by atoms with Gasteiger partial charge in [-0.1, -0.05) is 53.0 Å². The molecule has 0 bridgehead atoms. The minimum Gasteiger partial charge on any atom is -0.402 e. The van der Waals surface area contributed by atoms with Gasteiger partial charge in [0.15, 0.2) is 5.70 Å². The zero-order chi connectivity index (χ0) is 13.1. The number of halogens is 3. The van der Waals surface area contributed by atoms with Gasteiger partial charge in [-0.25, -0.2) is 9.79 Å². The summed E-state index contributed by atoms with van der Waals surface area (Å²) in [6.07, 6.45) is 1.26. The molecule has 0 saturated heterocycles. The minimum atomic E-state index is -0.596. The molecule has 1 aromatic rings. The average molecular weight is 303 g/mol. The largest absolute Gasteiger partial charge is 0.402 e. The number of rotatable bonds is 2. The molecule has 0 amide bonds. The summed E-state index contributed by atoms with van der Waals surface area (Å²) in [5.41, 5.74) is 0.754. The second kappa shape index (κ2) is 5.57. The second-order valence-electron chi connectivity index (χ2n) is 3.31. The lowest BCUT2D eigenvalue weighted by Gasteiger charge is -1.97. The van der Waals surface area contributed by atoms with Crippen LogP contribution >= 0.6 is 34.8 Å². The van der Waals surface area contributed by atoms with Crippen molar-refractivity contribution in [3.05, 3.63) is 57.2 Å². The Labute approximate surface area is 118 Å². The van der Waals surface area contributed by atoms with E-state index in [0.717, 1.165) is 0 Å². The number of carbonyl (C=O) groups is 1. The fourth-order valence-electron chi connectivity index (χ4n) is 1.29. The molecule has 3 nitrogen and oxygen atoms in total. The molecular weight excluding hydrogens is 296 g/mol. The van der Waals surface area contributed by atoms with Gasteiger partial charge in [0.1, 0.15) is 4.49 Å². The number of esters is 1. The number of hydrogen-bond donors (Lipinski definition) is 0. The first-order valence-electron chi connectivity index (χ1n) is 4.86. The van der Waals surface area contributed by atoms with E-state index in [1.165, 1.54) is 6.08 Å². The molecule has 2 rings (SSSR count). The summed E-state index contributed by atoms with van der Waals surface area (Å²) in [5, 5.41) is 0.0309. The Bertz CT molecular complexity index is 572. The van der Waals surface area contributed by atoms with Crippen LogP contribution in [0.1, 0.15) is 5.56 Å². The Balaban J connectivity index is 2.34. The Hall–Kier alpha value is -1.29. The molecule has 1 aliphatic rings. The number of aliphatic imine (C=N–C) groups is 1. The van der Waals surface area contributed by atoms with Gasteiger partial charge in [0.05, 0.1) is 5.03 Å². The van der Waals surface area contributed by atoms with Crippen molar-refractivity contribution in [1.82, 2.24) is 0 Å². The van der Waals surface area contributed by atoms with Gasteiger partial charge in [-0.2, -0.15) is 0 Å². The third kappa shape index (κ3) is 2.93. The molecule has 1 heterocycles. The van der Waals surface area contributed by atoms with Crippen LogP contribution in [0.25, 0.3) is 0 Å². The fourth-order valence-corrected chi connectivity index (χ4v) is 1.50. The third-order valence-corrected chi connectivity index (χ3v) is 2.98. The summed E-state index contributed by atoms with van der Waals surface area (Å²) in [7, 11) is 0. The maximum Gasteiger partial charge on any atom is 0.363 e. The highest BCUT2D eigenvalue weighted by Gasteiger charge is 2.24. The number of hydrogen-bond acceptors (Lipinski definition) is 3. The zero-order valence-electron chi connectivity index (χ0n) is 8.86. The molecule has 1 aliphatic heterocycles. The number of nitrogens with zero attached hydrogens (tertiary/aromatic N) is 1. The van der Waals surface area contributed by atoms with E-state index in [-0.39, 0.29) is 21.1 Å². The first-order chi connectivity index (χ1) is 8.58. The summed E-state index contributed by atoms with van der Waals surface area (Å²) in [5.74, 6) is -0.372. The van der Waals surface area contributed by atoms with E-state index < -0.39 is 5.97 Å². The van der Waals surface area contributed by atoms with Crippen LogP contribution in [0.3, 0.4) is 0 Å². The van der Waals surface area contributed by atoms with Crippen LogP contribution in [0, 0.1) is 0 Å². The molecule has 0 saturated carbocycles. The molecule has 6 heteroatoms. The quantitative estimate of drug-likeness (QED) is 0.616. The standard InChI is InChI=1S/C12H6Cl3NO2/c13-8(10(14)15)6-9-12(17)18-11(16-9)7-4-2-1-3-5-7/h1-6H. The zero-order valence-corrected chi connectivity index (χ0v) is 11.1. The molecule has 0 unspecified atom stereocenters. The SMILES string of the molecule is O=C1OC(c2ccccc2)=NC1=CC(Cl)=C(Cl)Cl. The van der Waals surface area contributed by atoms with Crippen LogP contribution in [0.2, 0.25) is 0 Å². The van der Waals surface area contributed by atoms with Crippen LogP contribution in [-0.4, -0.2) is 11.9 Å². The predicted octanol–water partition coefficient (Wildman–Crippen LogP) is 3.76. The first kappa shape index (κ1) is 13.1. The van der Waals surface area contributed by atoms with Crippen molar-refractivity contribution in [1.29, 1.82) is 0 Å². The van der Waals surface area contributed by atoms with Crippen LogP contribution in [0.4, 0.5) is 0 Å². The average Bonchev–Trinajstić information content (AvgIpc) is 2.72. The second-order valence-corrected chi connectivity index (χ2v) is 4.67. The van der Waals surface area contributed by atoms with Crippen LogP contribution < -0.4 is 0 Å². The maximum atomic E-state index is 11.5. The first-order valence-corrected chi connectivity index (χ1v) is 6.00. The van der Waals surface area contributed by atoms with Crippen molar-refractivity contribution in [2.45, 2.75) is 0 Å². The molecule has 1 aromatic carbocycles.